The monoisotopic (exact) mass is 337 g/mol. The van der Waals surface area contributed by atoms with E-state index in [-0.39, 0.29) is 12.2 Å². The fraction of sp³-hybridized carbons (Fsp3) is 0.143. The number of rotatable bonds is 5. The van der Waals surface area contributed by atoms with Crippen LogP contribution >= 0.6 is 15.9 Å². The number of carboxylic acids is 1. The molecule has 0 saturated heterocycles. The van der Waals surface area contributed by atoms with Crippen LogP contribution in [0.5, 0.6) is 11.5 Å². The SMILES string of the molecule is COc1cc(C(=O)O)cc(Br)c1OCc1ccccn1. The highest BCUT2D eigenvalue weighted by molar-refractivity contribution is 9.10. The minimum Gasteiger partial charge on any atom is -0.493 e. The third-order valence-electron chi connectivity index (χ3n) is 2.57. The molecule has 0 aliphatic rings. The molecule has 0 atom stereocenters. The van der Waals surface area contributed by atoms with Crippen LogP contribution in [0.25, 0.3) is 0 Å². The third-order valence-corrected chi connectivity index (χ3v) is 3.16. The van der Waals surface area contributed by atoms with E-state index in [9.17, 15) is 4.79 Å². The molecule has 0 aliphatic heterocycles. The van der Waals surface area contributed by atoms with Crippen LogP contribution in [0, 0.1) is 0 Å². The first-order valence-corrected chi connectivity index (χ1v) is 6.54. The molecule has 0 aliphatic carbocycles. The molecule has 0 radical (unpaired) electrons. The Kier molecular flexibility index (Phi) is 4.57. The van der Waals surface area contributed by atoms with Crippen LogP contribution in [0.4, 0.5) is 0 Å². The van der Waals surface area contributed by atoms with Crippen molar-refractivity contribution in [2.75, 3.05) is 7.11 Å². The molecule has 0 saturated carbocycles. The quantitative estimate of drug-likeness (QED) is 0.907. The van der Waals surface area contributed by atoms with Crippen LogP contribution in [0.1, 0.15) is 16.1 Å². The van der Waals surface area contributed by atoms with Crippen molar-refractivity contribution in [3.63, 3.8) is 0 Å². The number of methoxy groups -OCH3 is 1. The summed E-state index contributed by atoms with van der Waals surface area (Å²) in [4.78, 5) is 15.1. The van der Waals surface area contributed by atoms with Gasteiger partial charge in [-0.1, -0.05) is 6.07 Å². The second-order valence-corrected chi connectivity index (χ2v) is 4.76. The molecule has 1 aromatic heterocycles. The lowest BCUT2D eigenvalue weighted by Gasteiger charge is -2.13. The van der Waals surface area contributed by atoms with Crippen molar-refractivity contribution >= 4 is 21.9 Å². The number of hydrogen-bond acceptors (Lipinski definition) is 4. The number of aromatic carboxylic acids is 1. The number of hydrogen-bond donors (Lipinski definition) is 1. The van der Waals surface area contributed by atoms with Gasteiger partial charge in [0.25, 0.3) is 0 Å². The predicted octanol–water partition coefficient (Wildman–Crippen LogP) is 3.13. The Morgan fingerprint density at radius 1 is 1.40 bits per heavy atom. The van der Waals surface area contributed by atoms with E-state index in [0.29, 0.717) is 16.0 Å². The first-order valence-electron chi connectivity index (χ1n) is 5.75. The Morgan fingerprint density at radius 3 is 2.80 bits per heavy atom. The summed E-state index contributed by atoms with van der Waals surface area (Å²) in [6.45, 7) is 0.266. The Morgan fingerprint density at radius 2 is 2.20 bits per heavy atom. The third kappa shape index (κ3) is 3.27. The second-order valence-electron chi connectivity index (χ2n) is 3.90. The van der Waals surface area contributed by atoms with Crippen LogP contribution in [0.3, 0.4) is 0 Å². The maximum atomic E-state index is 11.0. The zero-order chi connectivity index (χ0) is 14.5. The standard InChI is InChI=1S/C14H12BrNO4/c1-19-12-7-9(14(17)18)6-11(15)13(12)20-8-10-4-2-3-5-16-10/h2-7H,8H2,1H3,(H,17,18). The fourth-order valence-corrected chi connectivity index (χ4v) is 2.17. The smallest absolute Gasteiger partial charge is 0.335 e. The number of carboxylic acid groups (broad SMARTS) is 1. The zero-order valence-corrected chi connectivity index (χ0v) is 12.3. The number of ether oxygens (including phenoxy) is 2. The molecular weight excluding hydrogens is 326 g/mol. The van der Waals surface area contributed by atoms with Crippen molar-refractivity contribution in [3.8, 4) is 11.5 Å². The molecule has 1 aromatic carbocycles. The molecule has 6 heteroatoms. The van der Waals surface area contributed by atoms with E-state index in [2.05, 4.69) is 20.9 Å². The molecule has 0 amide bonds. The largest absolute Gasteiger partial charge is 0.493 e. The van der Waals surface area contributed by atoms with Crippen molar-refractivity contribution < 1.29 is 19.4 Å². The summed E-state index contributed by atoms with van der Waals surface area (Å²) in [6, 6.07) is 8.42. The van der Waals surface area contributed by atoms with E-state index >= 15 is 0 Å². The molecule has 104 valence electrons. The maximum absolute atomic E-state index is 11.0. The summed E-state index contributed by atoms with van der Waals surface area (Å²) < 4.78 is 11.3. The molecule has 0 bridgehead atoms. The first-order chi connectivity index (χ1) is 9.61. The summed E-state index contributed by atoms with van der Waals surface area (Å²) in [5.41, 5.74) is 0.891. The summed E-state index contributed by atoms with van der Waals surface area (Å²) in [6.07, 6.45) is 1.68. The van der Waals surface area contributed by atoms with Crippen LogP contribution < -0.4 is 9.47 Å². The van der Waals surface area contributed by atoms with Gasteiger partial charge in [0.05, 0.1) is 22.8 Å². The highest BCUT2D eigenvalue weighted by Crippen LogP contribution is 2.37. The van der Waals surface area contributed by atoms with Crippen LogP contribution in [0.2, 0.25) is 0 Å². The van der Waals surface area contributed by atoms with Crippen LogP contribution in [-0.2, 0) is 6.61 Å². The molecule has 5 nitrogen and oxygen atoms in total. The van der Waals surface area contributed by atoms with Crippen molar-refractivity contribution in [3.05, 3.63) is 52.3 Å². The molecule has 2 rings (SSSR count). The summed E-state index contributed by atoms with van der Waals surface area (Å²) >= 11 is 3.29. The van der Waals surface area contributed by atoms with Crippen molar-refractivity contribution in [2.24, 2.45) is 0 Å². The molecule has 2 aromatic rings. The number of pyridine rings is 1. The Hall–Kier alpha value is -2.08. The number of nitrogens with zero attached hydrogens (tertiary/aromatic N) is 1. The Balaban J connectivity index is 2.25. The van der Waals surface area contributed by atoms with E-state index in [1.807, 2.05) is 18.2 Å². The van der Waals surface area contributed by atoms with Crippen molar-refractivity contribution in [1.82, 2.24) is 4.98 Å². The molecule has 0 unspecified atom stereocenters. The predicted molar refractivity (Wildman–Crippen MR) is 76.2 cm³/mol. The number of benzene rings is 1. The number of halogens is 1. The van der Waals surface area contributed by atoms with Crippen LogP contribution in [0.15, 0.2) is 41.0 Å². The van der Waals surface area contributed by atoms with E-state index in [4.69, 9.17) is 14.6 Å². The van der Waals surface area contributed by atoms with Gasteiger partial charge in [0.15, 0.2) is 11.5 Å². The molecular formula is C14H12BrNO4. The zero-order valence-electron chi connectivity index (χ0n) is 10.7. The van der Waals surface area contributed by atoms with Gasteiger partial charge in [0, 0.05) is 6.20 Å². The van der Waals surface area contributed by atoms with E-state index in [0.717, 1.165) is 5.69 Å². The molecule has 0 fully saturated rings. The molecule has 1 N–H and O–H groups in total. The topological polar surface area (TPSA) is 68.7 Å². The minimum absolute atomic E-state index is 0.124. The summed E-state index contributed by atoms with van der Waals surface area (Å²) in [5.74, 6) is -0.226. The van der Waals surface area contributed by atoms with Gasteiger partial charge in [0.2, 0.25) is 0 Å². The van der Waals surface area contributed by atoms with Gasteiger partial charge >= 0.3 is 5.97 Å². The summed E-state index contributed by atoms with van der Waals surface area (Å²) in [5, 5.41) is 9.00. The van der Waals surface area contributed by atoms with Crippen molar-refractivity contribution in [2.45, 2.75) is 6.61 Å². The Labute approximate surface area is 124 Å². The van der Waals surface area contributed by atoms with Gasteiger partial charge < -0.3 is 14.6 Å². The molecule has 0 spiro atoms. The lowest BCUT2D eigenvalue weighted by molar-refractivity contribution is 0.0696. The first kappa shape index (κ1) is 14.3. The van der Waals surface area contributed by atoms with Crippen molar-refractivity contribution in [1.29, 1.82) is 0 Å². The number of aromatic nitrogens is 1. The number of carbonyl (C=O) groups is 1. The molecule has 20 heavy (non-hydrogen) atoms. The summed E-state index contributed by atoms with van der Waals surface area (Å²) in [7, 11) is 1.46. The van der Waals surface area contributed by atoms with Gasteiger partial charge in [-0.05, 0) is 40.2 Å². The average molecular weight is 338 g/mol. The highest BCUT2D eigenvalue weighted by atomic mass is 79.9. The lowest BCUT2D eigenvalue weighted by Crippen LogP contribution is -2.03. The Bertz CT molecular complexity index is 616. The van der Waals surface area contributed by atoms with Gasteiger partial charge in [-0.2, -0.15) is 0 Å². The normalized spacial score (nSPS) is 10.1. The van der Waals surface area contributed by atoms with E-state index < -0.39 is 5.97 Å². The van der Waals surface area contributed by atoms with Crippen LogP contribution in [-0.4, -0.2) is 23.2 Å². The van der Waals surface area contributed by atoms with E-state index in [1.54, 1.807) is 6.20 Å². The maximum Gasteiger partial charge on any atom is 0.335 e. The lowest BCUT2D eigenvalue weighted by atomic mass is 10.2. The van der Waals surface area contributed by atoms with Gasteiger partial charge in [-0.15, -0.1) is 0 Å². The highest BCUT2D eigenvalue weighted by Gasteiger charge is 2.15. The average Bonchev–Trinajstić information content (AvgIpc) is 2.46. The fourth-order valence-electron chi connectivity index (χ4n) is 1.61. The van der Waals surface area contributed by atoms with Gasteiger partial charge in [-0.3, -0.25) is 4.98 Å². The van der Waals surface area contributed by atoms with Gasteiger partial charge in [0.1, 0.15) is 6.61 Å². The van der Waals surface area contributed by atoms with Gasteiger partial charge in [-0.25, -0.2) is 4.79 Å². The second kappa shape index (κ2) is 6.38. The molecule has 1 heterocycles. The minimum atomic E-state index is -1.03. The van der Waals surface area contributed by atoms with E-state index in [1.165, 1.54) is 19.2 Å².